The van der Waals surface area contributed by atoms with Crippen LogP contribution in [-0.4, -0.2) is 30.2 Å². The molecule has 0 bridgehead atoms. The maximum atomic E-state index is 12.9. The molecule has 0 saturated heterocycles. The summed E-state index contributed by atoms with van der Waals surface area (Å²) >= 11 is 0. The minimum absolute atomic E-state index is 0.0339. The van der Waals surface area contributed by atoms with Crippen molar-refractivity contribution < 1.29 is 35.8 Å². The van der Waals surface area contributed by atoms with Gasteiger partial charge < -0.3 is 20.1 Å². The van der Waals surface area contributed by atoms with Gasteiger partial charge in [0.1, 0.15) is 11.4 Å². The molecular formula is C13H12F6N2O2. The molecule has 1 heterocycles. The van der Waals surface area contributed by atoms with Crippen molar-refractivity contribution in [1.29, 1.82) is 0 Å². The minimum atomic E-state index is -4.85. The molecule has 0 saturated carbocycles. The molecule has 0 aromatic heterocycles. The lowest BCUT2D eigenvalue weighted by atomic mass is 10.1. The molecule has 2 rings (SSSR count). The highest BCUT2D eigenvalue weighted by atomic mass is 19.4. The summed E-state index contributed by atoms with van der Waals surface area (Å²) in [5, 5.41) is 0. The summed E-state index contributed by atoms with van der Waals surface area (Å²) in [4.78, 5) is 0.884. The number of halogens is 6. The number of hydrogen-bond donors (Lipinski definition) is 1. The molecule has 1 aromatic rings. The average molecular weight is 342 g/mol. The van der Waals surface area contributed by atoms with Crippen molar-refractivity contribution >= 4 is 5.70 Å². The summed E-state index contributed by atoms with van der Waals surface area (Å²) in [5.41, 5.74) is 5.66. The van der Waals surface area contributed by atoms with Gasteiger partial charge in [0, 0.05) is 12.1 Å². The van der Waals surface area contributed by atoms with Crippen LogP contribution < -0.4 is 10.5 Å². The van der Waals surface area contributed by atoms with Gasteiger partial charge in [-0.2, -0.15) is 13.2 Å². The SMILES string of the molecule is CCN1C(c2ccc(OC(F)(F)F)cc2)=C(N)OC1C(F)(F)F. The maximum Gasteiger partial charge on any atom is 0.573 e. The van der Waals surface area contributed by atoms with E-state index in [1.165, 1.54) is 19.1 Å². The van der Waals surface area contributed by atoms with Crippen molar-refractivity contribution in [3.63, 3.8) is 0 Å². The highest BCUT2D eigenvalue weighted by Gasteiger charge is 2.50. The second kappa shape index (κ2) is 5.74. The van der Waals surface area contributed by atoms with Crippen LogP contribution in [0.2, 0.25) is 0 Å². The largest absolute Gasteiger partial charge is 0.573 e. The molecule has 10 heteroatoms. The van der Waals surface area contributed by atoms with Crippen LogP contribution in [0.3, 0.4) is 0 Å². The monoisotopic (exact) mass is 342 g/mol. The van der Waals surface area contributed by atoms with Gasteiger partial charge >= 0.3 is 12.5 Å². The molecule has 23 heavy (non-hydrogen) atoms. The fourth-order valence-electron chi connectivity index (χ4n) is 2.19. The first kappa shape index (κ1) is 17.1. The molecule has 0 fully saturated rings. The third-order valence-electron chi connectivity index (χ3n) is 3.02. The summed E-state index contributed by atoms with van der Waals surface area (Å²) < 4.78 is 83.4. The summed E-state index contributed by atoms with van der Waals surface area (Å²) in [6, 6.07) is 4.32. The molecule has 0 radical (unpaired) electrons. The van der Waals surface area contributed by atoms with E-state index in [0.29, 0.717) is 0 Å². The van der Waals surface area contributed by atoms with Crippen molar-refractivity contribution in [2.24, 2.45) is 5.73 Å². The topological polar surface area (TPSA) is 47.7 Å². The summed E-state index contributed by atoms with van der Waals surface area (Å²) in [7, 11) is 0. The molecule has 0 aliphatic carbocycles. The number of alkyl halides is 6. The van der Waals surface area contributed by atoms with Crippen LogP contribution in [0.1, 0.15) is 12.5 Å². The predicted octanol–water partition coefficient (Wildman–Crippen LogP) is 3.41. The van der Waals surface area contributed by atoms with Gasteiger partial charge in [-0.1, -0.05) is 0 Å². The molecule has 0 amide bonds. The van der Waals surface area contributed by atoms with Gasteiger partial charge in [-0.3, -0.25) is 0 Å². The fourth-order valence-corrected chi connectivity index (χ4v) is 2.19. The van der Waals surface area contributed by atoms with E-state index in [0.717, 1.165) is 17.0 Å². The van der Waals surface area contributed by atoms with Crippen molar-refractivity contribution in [2.75, 3.05) is 6.54 Å². The molecule has 1 aromatic carbocycles. The van der Waals surface area contributed by atoms with Crippen LogP contribution in [-0.2, 0) is 4.74 Å². The number of nitrogens with two attached hydrogens (primary N) is 1. The van der Waals surface area contributed by atoms with Crippen molar-refractivity contribution in [2.45, 2.75) is 25.7 Å². The standard InChI is InChI=1S/C13H12F6N2O2/c1-2-21-9(10(20)22-11(21)12(14,15)16)7-3-5-8(6-4-7)23-13(17,18)19/h3-6,11H,2,20H2,1H3. The Kier molecular flexibility index (Phi) is 4.27. The van der Waals surface area contributed by atoms with Gasteiger partial charge in [0.2, 0.25) is 5.88 Å². The molecule has 1 aliphatic rings. The van der Waals surface area contributed by atoms with Crippen LogP contribution >= 0.6 is 0 Å². The van der Waals surface area contributed by atoms with Gasteiger partial charge in [0.05, 0.1) is 0 Å². The predicted molar refractivity (Wildman–Crippen MR) is 67.5 cm³/mol. The third-order valence-corrected chi connectivity index (χ3v) is 3.02. The Labute approximate surface area is 127 Å². The van der Waals surface area contributed by atoms with E-state index in [1.54, 1.807) is 0 Å². The maximum absolute atomic E-state index is 12.9. The molecular weight excluding hydrogens is 330 g/mol. The third kappa shape index (κ3) is 3.74. The molecule has 128 valence electrons. The van der Waals surface area contributed by atoms with Crippen molar-refractivity contribution in [3.05, 3.63) is 35.7 Å². The number of rotatable bonds is 3. The Hall–Kier alpha value is -2.26. The van der Waals surface area contributed by atoms with Crippen LogP contribution in [0.15, 0.2) is 30.1 Å². The zero-order valence-electron chi connectivity index (χ0n) is 11.7. The Morgan fingerprint density at radius 1 is 1.13 bits per heavy atom. The number of benzene rings is 1. The van der Waals surface area contributed by atoms with Gasteiger partial charge in [0.25, 0.3) is 6.23 Å². The van der Waals surface area contributed by atoms with Gasteiger partial charge in [0.15, 0.2) is 0 Å². The highest BCUT2D eigenvalue weighted by Crippen LogP contribution is 2.39. The molecule has 0 spiro atoms. The smallest absolute Gasteiger partial charge is 0.444 e. The molecule has 1 aliphatic heterocycles. The summed E-state index contributed by atoms with van der Waals surface area (Å²) in [6.07, 6.45) is -11.7. The van der Waals surface area contributed by atoms with E-state index in [2.05, 4.69) is 9.47 Å². The van der Waals surface area contributed by atoms with Crippen molar-refractivity contribution in [3.8, 4) is 5.75 Å². The zero-order chi connectivity index (χ0) is 17.4. The Morgan fingerprint density at radius 2 is 1.70 bits per heavy atom. The van der Waals surface area contributed by atoms with E-state index in [4.69, 9.17) is 5.73 Å². The first-order valence-electron chi connectivity index (χ1n) is 6.39. The van der Waals surface area contributed by atoms with Gasteiger partial charge in [-0.15, -0.1) is 13.2 Å². The molecule has 1 unspecified atom stereocenters. The average Bonchev–Trinajstić information content (AvgIpc) is 2.75. The van der Waals surface area contributed by atoms with E-state index in [-0.39, 0.29) is 17.8 Å². The Bertz CT molecular complexity index is 594. The normalized spacial score (nSPS) is 19.1. The number of nitrogens with zero attached hydrogens (tertiary/aromatic N) is 1. The summed E-state index contributed by atoms with van der Waals surface area (Å²) in [6.45, 7) is 1.42. The van der Waals surface area contributed by atoms with Crippen LogP contribution in [0.4, 0.5) is 26.3 Å². The zero-order valence-corrected chi connectivity index (χ0v) is 11.7. The lowest BCUT2D eigenvalue weighted by Gasteiger charge is -2.27. The molecule has 2 N–H and O–H groups in total. The molecule has 1 atom stereocenters. The summed E-state index contributed by atoms with van der Waals surface area (Å²) in [5.74, 6) is -0.937. The second-order valence-electron chi connectivity index (χ2n) is 4.58. The number of hydrogen-bond acceptors (Lipinski definition) is 4. The Balaban J connectivity index is 2.28. The second-order valence-corrected chi connectivity index (χ2v) is 4.58. The van der Waals surface area contributed by atoms with E-state index < -0.39 is 30.4 Å². The van der Waals surface area contributed by atoms with E-state index in [9.17, 15) is 26.3 Å². The van der Waals surface area contributed by atoms with E-state index >= 15 is 0 Å². The lowest BCUT2D eigenvalue weighted by Crippen LogP contribution is -2.42. The fraction of sp³-hybridized carbons (Fsp3) is 0.385. The van der Waals surface area contributed by atoms with Crippen LogP contribution in [0.5, 0.6) is 5.75 Å². The number of ether oxygens (including phenoxy) is 2. The highest BCUT2D eigenvalue weighted by molar-refractivity contribution is 5.67. The molecule has 4 nitrogen and oxygen atoms in total. The lowest BCUT2D eigenvalue weighted by molar-refractivity contribution is -0.274. The van der Waals surface area contributed by atoms with Crippen LogP contribution in [0.25, 0.3) is 5.70 Å². The quantitative estimate of drug-likeness (QED) is 0.856. The van der Waals surface area contributed by atoms with E-state index in [1.807, 2.05) is 0 Å². The van der Waals surface area contributed by atoms with Crippen molar-refractivity contribution in [1.82, 2.24) is 4.90 Å². The first-order chi connectivity index (χ1) is 10.5. The van der Waals surface area contributed by atoms with Crippen LogP contribution in [0, 0.1) is 0 Å². The Morgan fingerprint density at radius 3 is 2.13 bits per heavy atom. The first-order valence-corrected chi connectivity index (χ1v) is 6.39. The van der Waals surface area contributed by atoms with Gasteiger partial charge in [-0.05, 0) is 31.2 Å². The minimum Gasteiger partial charge on any atom is -0.444 e. The van der Waals surface area contributed by atoms with Gasteiger partial charge in [-0.25, -0.2) is 0 Å².